The molecule has 172 valence electrons. The molecule has 0 unspecified atom stereocenters. The van der Waals surface area contributed by atoms with E-state index in [0.717, 1.165) is 53.4 Å². The molecule has 9 heteroatoms. The molecule has 3 aliphatic rings. The summed E-state index contributed by atoms with van der Waals surface area (Å²) in [5.41, 5.74) is 4.51. The number of ether oxygens (including phenoxy) is 1. The first-order valence-electron chi connectivity index (χ1n) is 11.2. The Morgan fingerprint density at radius 2 is 1.97 bits per heavy atom. The molecule has 1 atom stereocenters. The minimum Gasteiger partial charge on any atom is -0.435 e. The Kier molecular flexibility index (Phi) is 6.55. The lowest BCUT2D eigenvalue weighted by Gasteiger charge is -2.42. The predicted octanol–water partition coefficient (Wildman–Crippen LogP) is 3.30. The van der Waals surface area contributed by atoms with Crippen LogP contribution in [0.5, 0.6) is 0 Å². The number of nitrogens with zero attached hydrogens (tertiary/aromatic N) is 1. The fourth-order valence-electron chi connectivity index (χ4n) is 4.70. The summed E-state index contributed by atoms with van der Waals surface area (Å²) in [5.74, 6) is -0.748. The number of hydrogen-bond donors (Lipinski definition) is 3. The summed E-state index contributed by atoms with van der Waals surface area (Å²) in [6.45, 7) is 3.94. The number of benzene rings is 1. The summed E-state index contributed by atoms with van der Waals surface area (Å²) in [5, 5.41) is 9.92. The fraction of sp³-hybridized carbons (Fsp3) is 0.565. The summed E-state index contributed by atoms with van der Waals surface area (Å²) < 4.78 is 6.83. The monoisotopic (exact) mass is 504 g/mol. The zero-order chi connectivity index (χ0) is 22.9. The molecule has 8 nitrogen and oxygen atoms in total. The van der Waals surface area contributed by atoms with Crippen molar-refractivity contribution in [2.45, 2.75) is 76.5 Å². The topological polar surface area (TPSA) is 109 Å². The maximum atomic E-state index is 12.1. The average molecular weight is 505 g/mol. The molecule has 1 heterocycles. The van der Waals surface area contributed by atoms with Gasteiger partial charge in [0.1, 0.15) is 5.71 Å². The number of hydrazone groups is 1. The fourth-order valence-corrected chi connectivity index (χ4v) is 5.17. The van der Waals surface area contributed by atoms with Gasteiger partial charge in [-0.15, -0.1) is 0 Å². The lowest BCUT2D eigenvalue weighted by atomic mass is 9.72. The Morgan fingerprint density at radius 3 is 2.62 bits per heavy atom. The van der Waals surface area contributed by atoms with E-state index in [1.807, 2.05) is 32.0 Å². The Hall–Kier alpha value is -2.42. The highest BCUT2D eigenvalue weighted by Crippen LogP contribution is 2.41. The molecular weight excluding hydrogens is 476 g/mol. The highest BCUT2D eigenvalue weighted by Gasteiger charge is 2.46. The van der Waals surface area contributed by atoms with Crippen LogP contribution >= 0.6 is 15.9 Å². The highest BCUT2D eigenvalue weighted by atomic mass is 79.9. The number of halogens is 1. The van der Waals surface area contributed by atoms with Crippen LogP contribution in [0.25, 0.3) is 0 Å². The number of hydrogen-bond acceptors (Lipinski definition) is 5. The Balaban J connectivity index is 1.37. The van der Waals surface area contributed by atoms with Gasteiger partial charge >= 0.3 is 17.9 Å². The van der Waals surface area contributed by atoms with E-state index >= 15 is 0 Å². The van der Waals surface area contributed by atoms with Gasteiger partial charge in [0.05, 0.1) is 0 Å². The molecule has 1 aromatic carbocycles. The van der Waals surface area contributed by atoms with Crippen molar-refractivity contribution < 1.29 is 19.1 Å². The SMILES string of the molecule is Cc1cc(Br)ccc1C1=NNC(=O)OC12CCC(C[C@H](C)NC(=O)C(=O)NC1CC1)CC2. The highest BCUT2D eigenvalue weighted by molar-refractivity contribution is 9.10. The van der Waals surface area contributed by atoms with Gasteiger partial charge in [0.2, 0.25) is 0 Å². The van der Waals surface area contributed by atoms with Gasteiger partial charge in [-0.25, -0.2) is 10.2 Å². The zero-order valence-electron chi connectivity index (χ0n) is 18.4. The normalized spacial score (nSPS) is 25.9. The molecule has 0 saturated heterocycles. The van der Waals surface area contributed by atoms with Crippen LogP contribution in [0.1, 0.15) is 63.0 Å². The van der Waals surface area contributed by atoms with Crippen LogP contribution in [-0.4, -0.2) is 41.3 Å². The van der Waals surface area contributed by atoms with Crippen LogP contribution in [0.3, 0.4) is 0 Å². The standard InChI is InChI=1S/C23H29BrN4O4/c1-13-11-16(24)3-6-18(13)19-23(32-22(31)28-27-19)9-7-15(8-10-23)12-14(2)25-20(29)21(30)26-17-4-5-17/h3,6,11,14-15,17H,4-5,7-10,12H2,1-2H3,(H,25,29)(H,26,30)(H,28,31)/t14-,15?,23?/m0/s1. The van der Waals surface area contributed by atoms with Gasteiger partial charge in [0.15, 0.2) is 5.60 Å². The van der Waals surface area contributed by atoms with Gasteiger partial charge in [-0.2, -0.15) is 5.10 Å². The maximum Gasteiger partial charge on any atom is 0.428 e. The molecule has 2 saturated carbocycles. The molecule has 0 bridgehead atoms. The number of carbonyl (C=O) groups is 3. The smallest absolute Gasteiger partial charge is 0.428 e. The van der Waals surface area contributed by atoms with E-state index < -0.39 is 23.5 Å². The van der Waals surface area contributed by atoms with Gasteiger partial charge in [0.25, 0.3) is 0 Å². The van der Waals surface area contributed by atoms with E-state index in [1.54, 1.807) is 0 Å². The molecule has 3 amide bonds. The van der Waals surface area contributed by atoms with E-state index in [0.29, 0.717) is 18.8 Å². The number of carbonyl (C=O) groups excluding carboxylic acids is 3. The van der Waals surface area contributed by atoms with E-state index in [9.17, 15) is 14.4 Å². The molecule has 3 N–H and O–H groups in total. The Morgan fingerprint density at radius 1 is 1.25 bits per heavy atom. The Labute approximate surface area is 196 Å². The Bertz CT molecular complexity index is 951. The first kappa shape index (κ1) is 22.8. The summed E-state index contributed by atoms with van der Waals surface area (Å²) in [6.07, 6.45) is 5.17. The van der Waals surface area contributed by atoms with Crippen LogP contribution in [0.15, 0.2) is 27.8 Å². The van der Waals surface area contributed by atoms with E-state index in [4.69, 9.17) is 4.74 Å². The molecule has 4 rings (SSSR count). The van der Waals surface area contributed by atoms with Crippen molar-refractivity contribution in [2.75, 3.05) is 0 Å². The third-order valence-electron chi connectivity index (χ3n) is 6.52. The lowest BCUT2D eigenvalue weighted by molar-refractivity contribution is -0.139. The van der Waals surface area contributed by atoms with E-state index in [-0.39, 0.29) is 12.1 Å². The number of aryl methyl sites for hydroxylation is 1. The van der Waals surface area contributed by atoms with Crippen molar-refractivity contribution in [1.29, 1.82) is 0 Å². The zero-order valence-corrected chi connectivity index (χ0v) is 20.0. The van der Waals surface area contributed by atoms with Crippen molar-refractivity contribution in [2.24, 2.45) is 11.0 Å². The van der Waals surface area contributed by atoms with Crippen LogP contribution in [-0.2, 0) is 14.3 Å². The first-order valence-corrected chi connectivity index (χ1v) is 12.0. The van der Waals surface area contributed by atoms with Gasteiger partial charge in [-0.1, -0.05) is 22.0 Å². The quantitative estimate of drug-likeness (QED) is 0.534. The number of amides is 3. The second-order valence-electron chi connectivity index (χ2n) is 9.22. The lowest BCUT2D eigenvalue weighted by Crippen LogP contribution is -2.52. The molecule has 1 aromatic rings. The van der Waals surface area contributed by atoms with E-state index in [2.05, 4.69) is 37.1 Å². The minimum atomic E-state index is -0.742. The minimum absolute atomic E-state index is 0.107. The van der Waals surface area contributed by atoms with Crippen molar-refractivity contribution in [3.63, 3.8) is 0 Å². The molecule has 1 spiro atoms. The van der Waals surface area contributed by atoms with Gasteiger partial charge in [0, 0.05) is 22.1 Å². The molecular formula is C23H29BrN4O4. The second kappa shape index (κ2) is 9.21. The maximum absolute atomic E-state index is 12.1. The second-order valence-corrected chi connectivity index (χ2v) is 10.1. The van der Waals surface area contributed by atoms with Crippen LogP contribution < -0.4 is 16.1 Å². The molecule has 0 radical (unpaired) electrons. The molecule has 2 fully saturated rings. The molecule has 2 aliphatic carbocycles. The number of rotatable bonds is 5. The third kappa shape index (κ3) is 5.14. The van der Waals surface area contributed by atoms with Gasteiger partial charge in [-0.3, -0.25) is 9.59 Å². The van der Waals surface area contributed by atoms with E-state index in [1.165, 1.54) is 0 Å². The largest absolute Gasteiger partial charge is 0.435 e. The van der Waals surface area contributed by atoms with Crippen molar-refractivity contribution in [3.05, 3.63) is 33.8 Å². The van der Waals surface area contributed by atoms with Crippen molar-refractivity contribution in [3.8, 4) is 0 Å². The first-order chi connectivity index (χ1) is 15.3. The summed E-state index contributed by atoms with van der Waals surface area (Å²) >= 11 is 3.49. The molecule has 0 aromatic heterocycles. The van der Waals surface area contributed by atoms with Crippen molar-refractivity contribution >= 4 is 39.5 Å². The van der Waals surface area contributed by atoms with Crippen LogP contribution in [0.4, 0.5) is 4.79 Å². The van der Waals surface area contributed by atoms with Gasteiger partial charge in [-0.05, 0) is 82.4 Å². The van der Waals surface area contributed by atoms with Crippen molar-refractivity contribution in [1.82, 2.24) is 16.1 Å². The third-order valence-corrected chi connectivity index (χ3v) is 7.01. The molecule has 1 aliphatic heterocycles. The summed E-state index contributed by atoms with van der Waals surface area (Å²) in [7, 11) is 0. The predicted molar refractivity (Wildman–Crippen MR) is 123 cm³/mol. The van der Waals surface area contributed by atoms with Gasteiger partial charge < -0.3 is 15.4 Å². The molecule has 32 heavy (non-hydrogen) atoms. The number of nitrogens with one attached hydrogen (secondary N) is 3. The summed E-state index contributed by atoms with van der Waals surface area (Å²) in [6, 6.07) is 6.04. The summed E-state index contributed by atoms with van der Waals surface area (Å²) in [4.78, 5) is 36.0. The van der Waals surface area contributed by atoms with Crippen LogP contribution in [0.2, 0.25) is 0 Å². The van der Waals surface area contributed by atoms with Crippen LogP contribution in [0, 0.1) is 12.8 Å². The average Bonchev–Trinajstić information content (AvgIpc) is 3.55.